The highest BCUT2D eigenvalue weighted by molar-refractivity contribution is 5.82. The molecule has 6 heteroatoms. The molecule has 4 rings (SSSR count). The fraction of sp³-hybridized carbons (Fsp3) is 0.160. The van der Waals surface area contributed by atoms with Crippen LogP contribution in [0.15, 0.2) is 72.9 Å². The number of aromatic amines is 1. The van der Waals surface area contributed by atoms with E-state index in [1.165, 1.54) is 0 Å². The smallest absolute Gasteiger partial charge is 0.203 e. The zero-order chi connectivity index (χ0) is 21.6. The van der Waals surface area contributed by atoms with Gasteiger partial charge < -0.3 is 18.9 Å². The van der Waals surface area contributed by atoms with Crippen LogP contribution in [0, 0.1) is 0 Å². The number of ether oxygens (including phenoxy) is 4. The van der Waals surface area contributed by atoms with Gasteiger partial charge in [0.15, 0.2) is 11.5 Å². The summed E-state index contributed by atoms with van der Waals surface area (Å²) in [4.78, 5) is 0. The molecular weight excluding hydrogens is 392 g/mol. The van der Waals surface area contributed by atoms with Gasteiger partial charge in [0.2, 0.25) is 5.75 Å². The maximum absolute atomic E-state index is 5.89. The Kier molecular flexibility index (Phi) is 6.08. The van der Waals surface area contributed by atoms with Gasteiger partial charge in [-0.15, -0.1) is 0 Å². The summed E-state index contributed by atoms with van der Waals surface area (Å²) < 4.78 is 22.3. The van der Waals surface area contributed by atoms with E-state index >= 15 is 0 Å². The first-order chi connectivity index (χ1) is 15.2. The molecule has 31 heavy (non-hydrogen) atoms. The molecule has 1 N–H and O–H groups in total. The molecule has 0 saturated heterocycles. The lowest BCUT2D eigenvalue weighted by atomic mass is 10.0. The van der Waals surface area contributed by atoms with Crippen molar-refractivity contribution in [2.45, 2.75) is 6.61 Å². The Morgan fingerprint density at radius 1 is 0.774 bits per heavy atom. The number of nitrogens with zero attached hydrogens (tertiary/aromatic N) is 1. The second kappa shape index (κ2) is 9.26. The Morgan fingerprint density at radius 2 is 1.45 bits per heavy atom. The lowest BCUT2D eigenvalue weighted by Gasteiger charge is -2.14. The zero-order valence-electron chi connectivity index (χ0n) is 17.7. The second-order valence-electron chi connectivity index (χ2n) is 6.86. The van der Waals surface area contributed by atoms with Crippen LogP contribution in [0.5, 0.6) is 23.0 Å². The molecule has 0 radical (unpaired) electrons. The van der Waals surface area contributed by atoms with E-state index in [0.717, 1.165) is 33.7 Å². The van der Waals surface area contributed by atoms with Gasteiger partial charge in [0, 0.05) is 17.3 Å². The summed E-state index contributed by atoms with van der Waals surface area (Å²) in [7, 11) is 4.79. The third-order valence-electron chi connectivity index (χ3n) is 4.99. The topological polar surface area (TPSA) is 65.6 Å². The molecule has 0 spiro atoms. The molecule has 0 unspecified atom stereocenters. The van der Waals surface area contributed by atoms with Gasteiger partial charge in [0.1, 0.15) is 12.4 Å². The van der Waals surface area contributed by atoms with Crippen molar-refractivity contribution < 1.29 is 18.9 Å². The molecule has 0 aliphatic heterocycles. The minimum absolute atomic E-state index is 0.527. The molecule has 158 valence electrons. The fourth-order valence-electron chi connectivity index (χ4n) is 3.42. The van der Waals surface area contributed by atoms with E-state index in [1.54, 1.807) is 21.3 Å². The quantitative estimate of drug-likeness (QED) is 0.420. The number of hydrogen-bond acceptors (Lipinski definition) is 5. The Labute approximate surface area is 181 Å². The van der Waals surface area contributed by atoms with E-state index < -0.39 is 0 Å². The van der Waals surface area contributed by atoms with Crippen molar-refractivity contribution in [2.24, 2.45) is 0 Å². The first-order valence-electron chi connectivity index (χ1n) is 9.84. The van der Waals surface area contributed by atoms with Crippen molar-refractivity contribution in [3.8, 4) is 45.4 Å². The van der Waals surface area contributed by atoms with Crippen LogP contribution in [0.4, 0.5) is 0 Å². The van der Waals surface area contributed by atoms with Crippen molar-refractivity contribution in [1.82, 2.24) is 10.2 Å². The number of methoxy groups -OCH3 is 3. The number of nitrogens with one attached hydrogen (secondary N) is 1. The second-order valence-corrected chi connectivity index (χ2v) is 6.86. The van der Waals surface area contributed by atoms with Gasteiger partial charge in [-0.1, -0.05) is 30.3 Å². The lowest BCUT2D eigenvalue weighted by molar-refractivity contribution is 0.306. The molecule has 1 heterocycles. The van der Waals surface area contributed by atoms with Gasteiger partial charge in [0.05, 0.1) is 27.0 Å². The molecule has 0 aliphatic carbocycles. The largest absolute Gasteiger partial charge is 0.493 e. The van der Waals surface area contributed by atoms with Gasteiger partial charge >= 0.3 is 0 Å². The van der Waals surface area contributed by atoms with Gasteiger partial charge in [0.25, 0.3) is 0 Å². The van der Waals surface area contributed by atoms with Crippen LogP contribution in [0.1, 0.15) is 5.56 Å². The summed E-state index contributed by atoms with van der Waals surface area (Å²) in [5.74, 6) is 2.54. The summed E-state index contributed by atoms with van der Waals surface area (Å²) in [5, 5.41) is 7.43. The summed E-state index contributed by atoms with van der Waals surface area (Å²) >= 11 is 0. The van der Waals surface area contributed by atoms with Gasteiger partial charge in [-0.05, 0) is 47.5 Å². The van der Waals surface area contributed by atoms with Gasteiger partial charge in [-0.25, -0.2) is 0 Å². The van der Waals surface area contributed by atoms with E-state index in [1.807, 2.05) is 72.9 Å². The fourth-order valence-corrected chi connectivity index (χ4v) is 3.42. The van der Waals surface area contributed by atoms with E-state index in [9.17, 15) is 0 Å². The van der Waals surface area contributed by atoms with Crippen molar-refractivity contribution in [2.75, 3.05) is 21.3 Å². The number of benzene rings is 3. The maximum Gasteiger partial charge on any atom is 0.203 e. The number of H-pyrrole nitrogens is 1. The highest BCUT2D eigenvalue weighted by Crippen LogP contribution is 2.42. The minimum Gasteiger partial charge on any atom is -0.493 e. The summed E-state index contributed by atoms with van der Waals surface area (Å²) in [6.07, 6.45) is 1.86. The monoisotopic (exact) mass is 416 g/mol. The van der Waals surface area contributed by atoms with Crippen LogP contribution in [-0.2, 0) is 6.61 Å². The molecule has 0 bridgehead atoms. The van der Waals surface area contributed by atoms with Gasteiger partial charge in [-0.3, -0.25) is 5.10 Å². The van der Waals surface area contributed by atoms with Gasteiger partial charge in [-0.2, -0.15) is 5.10 Å². The first-order valence-corrected chi connectivity index (χ1v) is 9.84. The van der Waals surface area contributed by atoms with E-state index in [2.05, 4.69) is 10.2 Å². The maximum atomic E-state index is 5.89. The highest BCUT2D eigenvalue weighted by atomic mass is 16.5. The third-order valence-corrected chi connectivity index (χ3v) is 4.99. The minimum atomic E-state index is 0.527. The predicted octanol–water partition coefficient (Wildman–Crippen LogP) is 5.35. The first kappa shape index (κ1) is 20.3. The average molecular weight is 416 g/mol. The third kappa shape index (κ3) is 4.33. The molecule has 0 amide bonds. The summed E-state index contributed by atoms with van der Waals surface area (Å²) in [6.45, 7) is 0.527. The SMILES string of the molecule is COc1cc(-c2c[nH]nc2-c2ccc(OCc3ccccc3)cc2)cc(OC)c1OC. The van der Waals surface area contributed by atoms with Crippen LogP contribution >= 0.6 is 0 Å². The standard InChI is InChI=1S/C25H24N2O4/c1-28-22-13-19(14-23(29-2)25(22)30-3)21-15-26-27-24(21)18-9-11-20(12-10-18)31-16-17-7-5-4-6-8-17/h4-15H,16H2,1-3H3,(H,26,27). The molecule has 0 saturated carbocycles. The normalized spacial score (nSPS) is 10.5. The van der Waals surface area contributed by atoms with Crippen molar-refractivity contribution in [3.05, 3.63) is 78.5 Å². The van der Waals surface area contributed by atoms with Crippen molar-refractivity contribution in [3.63, 3.8) is 0 Å². The summed E-state index contributed by atoms with van der Waals surface area (Å²) in [5.41, 5.74) is 4.75. The van der Waals surface area contributed by atoms with Crippen molar-refractivity contribution >= 4 is 0 Å². The molecular formula is C25H24N2O4. The van der Waals surface area contributed by atoms with Crippen LogP contribution in [-0.4, -0.2) is 31.5 Å². The van der Waals surface area contributed by atoms with E-state index in [-0.39, 0.29) is 0 Å². The molecule has 0 fully saturated rings. The van der Waals surface area contributed by atoms with E-state index in [0.29, 0.717) is 23.9 Å². The molecule has 4 aromatic rings. The Hall–Kier alpha value is -3.93. The van der Waals surface area contributed by atoms with Crippen LogP contribution in [0.2, 0.25) is 0 Å². The molecule has 0 atom stereocenters. The molecule has 1 aromatic heterocycles. The molecule has 0 aliphatic rings. The van der Waals surface area contributed by atoms with Crippen LogP contribution in [0.3, 0.4) is 0 Å². The number of aromatic nitrogens is 2. The lowest BCUT2D eigenvalue weighted by Crippen LogP contribution is -1.96. The molecule has 3 aromatic carbocycles. The number of hydrogen-bond donors (Lipinski definition) is 1. The van der Waals surface area contributed by atoms with E-state index in [4.69, 9.17) is 18.9 Å². The van der Waals surface area contributed by atoms with Crippen LogP contribution in [0.25, 0.3) is 22.4 Å². The van der Waals surface area contributed by atoms with Crippen molar-refractivity contribution in [1.29, 1.82) is 0 Å². The Bertz CT molecular complexity index is 1110. The average Bonchev–Trinajstić information content (AvgIpc) is 3.32. The zero-order valence-corrected chi connectivity index (χ0v) is 17.7. The number of rotatable bonds is 8. The summed E-state index contributed by atoms with van der Waals surface area (Å²) in [6, 6.07) is 21.8. The molecule has 6 nitrogen and oxygen atoms in total. The Balaban J connectivity index is 1.60. The Morgan fingerprint density at radius 3 is 2.06 bits per heavy atom. The highest BCUT2D eigenvalue weighted by Gasteiger charge is 2.17. The van der Waals surface area contributed by atoms with Crippen LogP contribution < -0.4 is 18.9 Å². The predicted molar refractivity (Wildman–Crippen MR) is 120 cm³/mol.